The van der Waals surface area contributed by atoms with E-state index in [4.69, 9.17) is 4.74 Å². The summed E-state index contributed by atoms with van der Waals surface area (Å²) in [5, 5.41) is 0. The van der Waals surface area contributed by atoms with Crippen LogP contribution in [-0.4, -0.2) is 35.5 Å². The fourth-order valence-corrected chi connectivity index (χ4v) is 2.40. The average molecular weight is 223 g/mol. The molecule has 1 aliphatic carbocycles. The monoisotopic (exact) mass is 223 g/mol. The van der Waals surface area contributed by atoms with Crippen LogP contribution in [0.3, 0.4) is 0 Å². The Hall–Kier alpha value is -1.16. The van der Waals surface area contributed by atoms with Crippen molar-refractivity contribution < 1.29 is 14.3 Å². The zero-order chi connectivity index (χ0) is 11.5. The van der Waals surface area contributed by atoms with Crippen molar-refractivity contribution in [2.75, 3.05) is 6.61 Å². The van der Waals surface area contributed by atoms with Crippen molar-refractivity contribution in [1.82, 2.24) is 4.90 Å². The minimum Gasteiger partial charge on any atom is -0.376 e. The molecule has 0 radical (unpaired) electrons. The Bertz CT molecular complexity index is 306. The van der Waals surface area contributed by atoms with Gasteiger partial charge in [0, 0.05) is 18.8 Å². The lowest BCUT2D eigenvalue weighted by molar-refractivity contribution is -0.142. The molecule has 4 nitrogen and oxygen atoms in total. The highest BCUT2D eigenvalue weighted by atomic mass is 16.5. The van der Waals surface area contributed by atoms with Crippen molar-refractivity contribution in [2.24, 2.45) is 0 Å². The van der Waals surface area contributed by atoms with Gasteiger partial charge in [-0.25, -0.2) is 0 Å². The lowest BCUT2D eigenvalue weighted by atomic mass is 10.2. The fourth-order valence-electron chi connectivity index (χ4n) is 2.40. The molecule has 4 heteroatoms. The van der Waals surface area contributed by atoms with E-state index in [0.29, 0.717) is 6.61 Å². The van der Waals surface area contributed by atoms with E-state index in [0.717, 1.165) is 25.7 Å². The van der Waals surface area contributed by atoms with Crippen LogP contribution in [0.4, 0.5) is 0 Å². The van der Waals surface area contributed by atoms with Crippen molar-refractivity contribution >= 4 is 11.8 Å². The third-order valence-electron chi connectivity index (χ3n) is 3.13. The molecular weight excluding hydrogens is 206 g/mol. The maximum atomic E-state index is 11.6. The van der Waals surface area contributed by atoms with Crippen molar-refractivity contribution in [1.29, 1.82) is 0 Å². The van der Waals surface area contributed by atoms with Crippen LogP contribution in [0.1, 0.15) is 32.6 Å². The van der Waals surface area contributed by atoms with Gasteiger partial charge >= 0.3 is 0 Å². The molecule has 2 aliphatic rings. The summed E-state index contributed by atoms with van der Waals surface area (Å²) < 4.78 is 5.70. The van der Waals surface area contributed by atoms with Crippen LogP contribution in [0.15, 0.2) is 12.2 Å². The van der Waals surface area contributed by atoms with E-state index in [1.807, 2.05) is 0 Å². The highest BCUT2D eigenvalue weighted by Gasteiger charge is 2.39. The molecule has 1 heterocycles. The summed E-state index contributed by atoms with van der Waals surface area (Å²) in [7, 11) is 0. The minimum atomic E-state index is -0.193. The second-order valence-electron chi connectivity index (χ2n) is 4.29. The normalized spacial score (nSPS) is 29.4. The summed E-state index contributed by atoms with van der Waals surface area (Å²) in [4.78, 5) is 24.5. The highest BCUT2D eigenvalue weighted by molar-refractivity contribution is 6.13. The lowest BCUT2D eigenvalue weighted by Gasteiger charge is -2.27. The molecule has 2 rings (SSSR count). The van der Waals surface area contributed by atoms with Crippen LogP contribution in [0.25, 0.3) is 0 Å². The number of hydrogen-bond acceptors (Lipinski definition) is 3. The molecule has 0 aromatic carbocycles. The van der Waals surface area contributed by atoms with Gasteiger partial charge in [-0.15, -0.1) is 0 Å². The molecule has 0 aromatic rings. The van der Waals surface area contributed by atoms with Crippen LogP contribution in [0.2, 0.25) is 0 Å². The zero-order valence-corrected chi connectivity index (χ0v) is 9.52. The number of hydrogen-bond donors (Lipinski definition) is 0. The molecule has 0 saturated heterocycles. The van der Waals surface area contributed by atoms with Crippen LogP contribution in [0, 0.1) is 0 Å². The zero-order valence-electron chi connectivity index (χ0n) is 9.52. The van der Waals surface area contributed by atoms with Gasteiger partial charge in [-0.2, -0.15) is 0 Å². The van der Waals surface area contributed by atoms with Crippen molar-refractivity contribution in [3.05, 3.63) is 12.2 Å². The Morgan fingerprint density at radius 3 is 2.62 bits per heavy atom. The van der Waals surface area contributed by atoms with Gasteiger partial charge in [-0.1, -0.05) is 6.92 Å². The highest BCUT2D eigenvalue weighted by Crippen LogP contribution is 2.28. The molecule has 88 valence electrons. The van der Waals surface area contributed by atoms with Gasteiger partial charge in [0.15, 0.2) is 0 Å². The van der Waals surface area contributed by atoms with E-state index < -0.39 is 0 Å². The van der Waals surface area contributed by atoms with E-state index >= 15 is 0 Å². The number of rotatable bonds is 4. The summed E-state index contributed by atoms with van der Waals surface area (Å²) in [6, 6.07) is -0.0541. The number of ether oxygens (including phenoxy) is 1. The van der Waals surface area contributed by atoms with E-state index in [-0.39, 0.29) is 24.0 Å². The predicted molar refractivity (Wildman–Crippen MR) is 58.7 cm³/mol. The molecule has 1 fully saturated rings. The Balaban J connectivity index is 2.02. The Labute approximate surface area is 95.2 Å². The number of carbonyl (C=O) groups is 2. The quantitative estimate of drug-likeness (QED) is 0.674. The molecule has 1 saturated carbocycles. The van der Waals surface area contributed by atoms with Crippen molar-refractivity contribution in [2.45, 2.75) is 44.8 Å². The Kier molecular flexibility index (Phi) is 3.39. The first-order valence-electron chi connectivity index (χ1n) is 5.91. The van der Waals surface area contributed by atoms with E-state index in [1.165, 1.54) is 17.1 Å². The molecular formula is C12H17NO3. The van der Waals surface area contributed by atoms with Crippen molar-refractivity contribution in [3.8, 4) is 0 Å². The minimum absolute atomic E-state index is 0.0350. The Morgan fingerprint density at radius 1 is 1.31 bits per heavy atom. The smallest absolute Gasteiger partial charge is 0.253 e. The summed E-state index contributed by atoms with van der Waals surface area (Å²) in [6.07, 6.45) is 6.52. The van der Waals surface area contributed by atoms with Gasteiger partial charge in [-0.3, -0.25) is 14.5 Å². The van der Waals surface area contributed by atoms with Gasteiger partial charge in [0.05, 0.1) is 12.1 Å². The van der Waals surface area contributed by atoms with Gasteiger partial charge in [0.2, 0.25) is 0 Å². The van der Waals surface area contributed by atoms with E-state index in [1.54, 1.807) is 0 Å². The fraction of sp³-hybridized carbons (Fsp3) is 0.667. The number of carbonyl (C=O) groups excluding carboxylic acids is 2. The van der Waals surface area contributed by atoms with E-state index in [2.05, 4.69) is 6.92 Å². The maximum Gasteiger partial charge on any atom is 0.253 e. The van der Waals surface area contributed by atoms with E-state index in [9.17, 15) is 9.59 Å². The van der Waals surface area contributed by atoms with Crippen LogP contribution in [0.5, 0.6) is 0 Å². The number of nitrogens with zero attached hydrogens (tertiary/aromatic N) is 1. The second kappa shape index (κ2) is 4.78. The first-order valence-corrected chi connectivity index (χ1v) is 5.91. The van der Waals surface area contributed by atoms with Crippen LogP contribution < -0.4 is 0 Å². The van der Waals surface area contributed by atoms with Gasteiger partial charge in [0.1, 0.15) is 0 Å². The third-order valence-corrected chi connectivity index (χ3v) is 3.13. The van der Waals surface area contributed by atoms with Crippen molar-refractivity contribution in [3.63, 3.8) is 0 Å². The first-order chi connectivity index (χ1) is 7.74. The number of imide groups is 1. The summed E-state index contributed by atoms with van der Waals surface area (Å²) in [6.45, 7) is 2.75. The molecule has 2 amide bonds. The van der Waals surface area contributed by atoms with Gasteiger partial charge in [0.25, 0.3) is 11.8 Å². The average Bonchev–Trinajstić information content (AvgIpc) is 2.83. The van der Waals surface area contributed by atoms with Crippen LogP contribution in [-0.2, 0) is 14.3 Å². The topological polar surface area (TPSA) is 46.6 Å². The summed E-state index contributed by atoms with van der Waals surface area (Å²) in [5.74, 6) is -0.385. The lowest BCUT2D eigenvalue weighted by Crippen LogP contribution is -2.45. The largest absolute Gasteiger partial charge is 0.376 e. The second-order valence-corrected chi connectivity index (χ2v) is 4.29. The van der Waals surface area contributed by atoms with Crippen LogP contribution >= 0.6 is 0 Å². The van der Waals surface area contributed by atoms with Gasteiger partial charge < -0.3 is 4.74 Å². The SMILES string of the molecule is CCCOC1CCCC1N1C(=O)C=CC1=O. The number of amides is 2. The predicted octanol–water partition coefficient (Wildman–Crippen LogP) is 1.26. The summed E-state index contributed by atoms with van der Waals surface area (Å²) in [5.41, 5.74) is 0. The molecule has 16 heavy (non-hydrogen) atoms. The maximum absolute atomic E-state index is 11.6. The first kappa shape index (κ1) is 11.3. The third kappa shape index (κ3) is 2.02. The molecule has 2 atom stereocenters. The molecule has 0 aromatic heterocycles. The standard InChI is InChI=1S/C12H17NO3/c1-2-8-16-10-5-3-4-9(10)13-11(14)6-7-12(13)15/h6-7,9-10H,2-5,8H2,1H3. The Morgan fingerprint density at radius 2 is 2.00 bits per heavy atom. The molecule has 2 unspecified atom stereocenters. The summed E-state index contributed by atoms with van der Waals surface area (Å²) >= 11 is 0. The molecule has 1 aliphatic heterocycles. The molecule has 0 N–H and O–H groups in total. The molecule has 0 spiro atoms. The molecule has 0 bridgehead atoms. The van der Waals surface area contributed by atoms with Gasteiger partial charge in [-0.05, 0) is 25.7 Å².